The van der Waals surface area contributed by atoms with Gasteiger partial charge in [-0.1, -0.05) is 12.1 Å². The largest absolute Gasteiger partial charge is 0.430 e. The Bertz CT molecular complexity index is 536. The van der Waals surface area contributed by atoms with Crippen LogP contribution in [0.3, 0.4) is 0 Å². The molecule has 0 spiro atoms. The van der Waals surface area contributed by atoms with Gasteiger partial charge in [0.1, 0.15) is 0 Å². The van der Waals surface area contributed by atoms with E-state index in [0.29, 0.717) is 12.1 Å². The van der Waals surface area contributed by atoms with E-state index in [9.17, 15) is 36.2 Å². The normalized spacial score (nSPS) is 13.2. The Hall–Kier alpha value is -1.77. The predicted molar refractivity (Wildman–Crippen MR) is 61.5 cm³/mol. The third-order valence-electron chi connectivity index (χ3n) is 2.78. The molecule has 0 radical (unpaired) electrons. The van der Waals surface area contributed by atoms with Crippen molar-refractivity contribution in [2.75, 3.05) is 5.32 Å². The Labute approximate surface area is 115 Å². The lowest BCUT2D eigenvalue weighted by Gasteiger charge is -2.33. The van der Waals surface area contributed by atoms with Crippen LogP contribution in [0.25, 0.3) is 0 Å². The molecule has 0 saturated heterocycles. The smallest absolute Gasteiger partial charge is 0.369 e. The number of hydrogen-bond donors (Lipinski definition) is 2. The Morgan fingerprint density at radius 2 is 1.57 bits per heavy atom. The Morgan fingerprint density at radius 3 is 1.90 bits per heavy atom. The van der Waals surface area contributed by atoms with Crippen LogP contribution in [0, 0.1) is 6.92 Å². The molecule has 9 heteroatoms. The van der Waals surface area contributed by atoms with Crippen LogP contribution in [-0.2, 0) is 10.4 Å². The molecule has 2 N–H and O–H groups in total. The quantitative estimate of drug-likeness (QED) is 0.823. The first-order valence-electron chi connectivity index (χ1n) is 5.55. The number of hydrogen-bond acceptors (Lipinski definition) is 2. The van der Waals surface area contributed by atoms with E-state index in [0.717, 1.165) is 13.0 Å². The SMILES string of the molecule is CC(=O)Nc1ccc(C(O)(C(F)(F)F)C(F)(F)F)cc1C. The van der Waals surface area contributed by atoms with Crippen LogP contribution in [0.15, 0.2) is 18.2 Å². The number of aliphatic hydroxyl groups is 1. The maximum Gasteiger partial charge on any atom is 0.430 e. The van der Waals surface area contributed by atoms with Gasteiger partial charge >= 0.3 is 12.4 Å². The number of nitrogens with one attached hydrogen (secondary N) is 1. The second-order valence-electron chi connectivity index (χ2n) is 4.42. The van der Waals surface area contributed by atoms with Gasteiger partial charge in [-0.05, 0) is 18.6 Å². The van der Waals surface area contributed by atoms with Crippen molar-refractivity contribution in [1.82, 2.24) is 0 Å². The first kappa shape index (κ1) is 17.3. The van der Waals surface area contributed by atoms with E-state index in [4.69, 9.17) is 0 Å². The number of aryl methyl sites for hydroxylation is 1. The zero-order chi connectivity index (χ0) is 16.6. The summed E-state index contributed by atoms with van der Waals surface area (Å²) in [5.41, 5.74) is -6.33. The number of benzene rings is 1. The summed E-state index contributed by atoms with van der Waals surface area (Å²) in [4.78, 5) is 10.8. The van der Waals surface area contributed by atoms with E-state index in [1.54, 1.807) is 0 Å². The van der Waals surface area contributed by atoms with E-state index in [1.807, 2.05) is 0 Å². The average Bonchev–Trinajstić information content (AvgIpc) is 2.27. The molecule has 0 heterocycles. The van der Waals surface area contributed by atoms with Gasteiger partial charge in [-0.25, -0.2) is 0 Å². The van der Waals surface area contributed by atoms with Crippen LogP contribution in [0.4, 0.5) is 32.0 Å². The van der Waals surface area contributed by atoms with Gasteiger partial charge in [0.2, 0.25) is 5.91 Å². The zero-order valence-corrected chi connectivity index (χ0v) is 10.9. The van der Waals surface area contributed by atoms with Crippen molar-refractivity contribution in [3.8, 4) is 0 Å². The Kier molecular flexibility index (Phi) is 4.29. The monoisotopic (exact) mass is 315 g/mol. The van der Waals surface area contributed by atoms with E-state index in [-0.39, 0.29) is 11.3 Å². The molecule has 1 amide bonds. The van der Waals surface area contributed by atoms with Crippen molar-refractivity contribution in [2.24, 2.45) is 0 Å². The molecule has 1 aromatic carbocycles. The lowest BCUT2D eigenvalue weighted by Crippen LogP contribution is -2.53. The van der Waals surface area contributed by atoms with Crippen LogP contribution in [0.5, 0.6) is 0 Å². The average molecular weight is 315 g/mol. The molecule has 3 nitrogen and oxygen atoms in total. The summed E-state index contributed by atoms with van der Waals surface area (Å²) in [7, 11) is 0. The first-order valence-corrected chi connectivity index (χ1v) is 5.55. The summed E-state index contributed by atoms with van der Waals surface area (Å²) in [5, 5.41) is 11.5. The standard InChI is InChI=1S/C12H11F6NO2/c1-6-5-8(3-4-9(6)19-7(2)20)10(21,11(13,14)15)12(16,17)18/h3-5,21H,1-2H3,(H,19,20). The zero-order valence-electron chi connectivity index (χ0n) is 10.9. The third-order valence-corrected chi connectivity index (χ3v) is 2.78. The first-order chi connectivity index (χ1) is 9.30. The molecule has 0 aliphatic heterocycles. The number of halogens is 6. The predicted octanol–water partition coefficient (Wildman–Crippen LogP) is 3.27. The lowest BCUT2D eigenvalue weighted by atomic mass is 9.90. The summed E-state index contributed by atoms with van der Waals surface area (Å²) in [5.74, 6) is -0.534. The molecule has 0 aliphatic rings. The van der Waals surface area contributed by atoms with Gasteiger partial charge in [0.25, 0.3) is 5.60 Å². The van der Waals surface area contributed by atoms with Gasteiger partial charge in [-0.15, -0.1) is 0 Å². The van der Waals surface area contributed by atoms with Crippen molar-refractivity contribution in [3.63, 3.8) is 0 Å². The maximum absolute atomic E-state index is 12.7. The van der Waals surface area contributed by atoms with Gasteiger partial charge in [0, 0.05) is 18.2 Å². The molecule has 1 aromatic rings. The maximum atomic E-state index is 12.7. The molecular weight excluding hydrogens is 304 g/mol. The van der Waals surface area contributed by atoms with Gasteiger partial charge in [-0.2, -0.15) is 26.3 Å². The van der Waals surface area contributed by atoms with Crippen molar-refractivity contribution in [3.05, 3.63) is 29.3 Å². The van der Waals surface area contributed by atoms with E-state index < -0.39 is 29.4 Å². The number of anilines is 1. The number of alkyl halides is 6. The van der Waals surface area contributed by atoms with E-state index in [1.165, 1.54) is 6.92 Å². The molecule has 0 atom stereocenters. The second kappa shape index (κ2) is 5.21. The van der Waals surface area contributed by atoms with E-state index in [2.05, 4.69) is 5.32 Å². The van der Waals surface area contributed by atoms with Crippen molar-refractivity contribution in [2.45, 2.75) is 31.8 Å². The van der Waals surface area contributed by atoms with Gasteiger partial charge in [0.15, 0.2) is 0 Å². The Morgan fingerprint density at radius 1 is 1.10 bits per heavy atom. The van der Waals surface area contributed by atoms with E-state index >= 15 is 0 Å². The van der Waals surface area contributed by atoms with Gasteiger partial charge < -0.3 is 10.4 Å². The van der Waals surface area contributed by atoms with Crippen LogP contribution in [0.1, 0.15) is 18.1 Å². The second-order valence-corrected chi connectivity index (χ2v) is 4.42. The fourth-order valence-corrected chi connectivity index (χ4v) is 1.71. The minimum absolute atomic E-state index is 0.0466. The topological polar surface area (TPSA) is 49.3 Å². The summed E-state index contributed by atoms with van der Waals surface area (Å²) >= 11 is 0. The highest BCUT2D eigenvalue weighted by atomic mass is 19.4. The summed E-state index contributed by atoms with van der Waals surface area (Å²) in [6.07, 6.45) is -11.9. The third kappa shape index (κ3) is 3.12. The molecule has 0 fully saturated rings. The minimum Gasteiger partial charge on any atom is -0.369 e. The number of amides is 1. The van der Waals surface area contributed by atoms with Crippen LogP contribution in [0.2, 0.25) is 0 Å². The molecule has 0 aromatic heterocycles. The summed E-state index contributed by atoms with van der Waals surface area (Å²) in [6.45, 7) is 2.34. The van der Waals surface area contributed by atoms with Crippen molar-refractivity contribution in [1.29, 1.82) is 0 Å². The number of carbonyl (C=O) groups is 1. The molecule has 1 rings (SSSR count). The fraction of sp³-hybridized carbons (Fsp3) is 0.417. The van der Waals surface area contributed by atoms with Crippen LogP contribution in [-0.4, -0.2) is 23.4 Å². The number of rotatable bonds is 2. The molecule has 0 saturated carbocycles. The van der Waals surface area contributed by atoms with Crippen LogP contribution < -0.4 is 5.32 Å². The minimum atomic E-state index is -5.94. The van der Waals surface area contributed by atoms with Crippen molar-refractivity contribution < 1.29 is 36.2 Å². The summed E-state index contributed by atoms with van der Waals surface area (Å²) in [6, 6.07) is 1.88. The highest BCUT2D eigenvalue weighted by molar-refractivity contribution is 5.89. The number of carbonyl (C=O) groups excluding carboxylic acids is 1. The molecule has 0 unspecified atom stereocenters. The summed E-state index contributed by atoms with van der Waals surface area (Å²) < 4.78 is 76.1. The fourth-order valence-electron chi connectivity index (χ4n) is 1.71. The van der Waals surface area contributed by atoms with Gasteiger partial charge in [0.05, 0.1) is 0 Å². The lowest BCUT2D eigenvalue weighted by molar-refractivity contribution is -0.376. The molecule has 0 bridgehead atoms. The van der Waals surface area contributed by atoms with Gasteiger partial charge in [-0.3, -0.25) is 4.79 Å². The molecule has 0 aliphatic carbocycles. The molecule has 118 valence electrons. The highest BCUT2D eigenvalue weighted by Crippen LogP contribution is 2.50. The highest BCUT2D eigenvalue weighted by Gasteiger charge is 2.71. The van der Waals surface area contributed by atoms with Crippen molar-refractivity contribution >= 4 is 11.6 Å². The molecule has 21 heavy (non-hydrogen) atoms. The Balaban J connectivity index is 3.42. The van der Waals surface area contributed by atoms with Crippen LogP contribution >= 0.6 is 0 Å². The molecular formula is C12H11F6NO2.